The Morgan fingerprint density at radius 2 is 2.15 bits per heavy atom. The SMILES string of the molecule is CCCOc1cccc(C(=O)NC(C)(CC)CCCl)c1. The molecule has 3 nitrogen and oxygen atoms in total. The number of amides is 1. The van der Waals surface area contributed by atoms with Crippen molar-refractivity contribution >= 4 is 17.5 Å². The van der Waals surface area contributed by atoms with Crippen molar-refractivity contribution in [2.45, 2.75) is 45.6 Å². The van der Waals surface area contributed by atoms with Gasteiger partial charge < -0.3 is 10.1 Å². The molecule has 20 heavy (non-hydrogen) atoms. The fourth-order valence-corrected chi connectivity index (χ4v) is 2.25. The van der Waals surface area contributed by atoms with E-state index in [1.54, 1.807) is 12.1 Å². The van der Waals surface area contributed by atoms with Gasteiger partial charge in [-0.3, -0.25) is 4.79 Å². The van der Waals surface area contributed by atoms with Crippen molar-refractivity contribution in [1.82, 2.24) is 5.32 Å². The van der Waals surface area contributed by atoms with E-state index >= 15 is 0 Å². The molecule has 0 aromatic heterocycles. The average molecular weight is 298 g/mol. The van der Waals surface area contributed by atoms with Gasteiger partial charge in [-0.25, -0.2) is 0 Å². The molecule has 0 aliphatic rings. The molecule has 0 aliphatic heterocycles. The Hall–Kier alpha value is -1.22. The third kappa shape index (κ3) is 5.04. The number of hydrogen-bond acceptors (Lipinski definition) is 2. The van der Waals surface area contributed by atoms with Gasteiger partial charge in [0.1, 0.15) is 5.75 Å². The van der Waals surface area contributed by atoms with Crippen LogP contribution >= 0.6 is 11.6 Å². The van der Waals surface area contributed by atoms with Gasteiger partial charge in [0, 0.05) is 17.0 Å². The van der Waals surface area contributed by atoms with Crippen LogP contribution in [0.25, 0.3) is 0 Å². The van der Waals surface area contributed by atoms with Crippen LogP contribution in [0.4, 0.5) is 0 Å². The zero-order valence-electron chi connectivity index (χ0n) is 12.5. The van der Waals surface area contributed by atoms with Gasteiger partial charge in [0.25, 0.3) is 5.91 Å². The van der Waals surface area contributed by atoms with E-state index in [2.05, 4.69) is 12.2 Å². The van der Waals surface area contributed by atoms with E-state index in [0.717, 1.165) is 25.0 Å². The number of ether oxygens (including phenoxy) is 1. The average Bonchev–Trinajstić information content (AvgIpc) is 2.45. The number of carbonyl (C=O) groups is 1. The molecule has 0 radical (unpaired) electrons. The lowest BCUT2D eigenvalue weighted by Crippen LogP contribution is -2.45. The molecule has 0 heterocycles. The Balaban J connectivity index is 2.76. The molecule has 1 rings (SSSR count). The van der Waals surface area contributed by atoms with Crippen molar-refractivity contribution in [3.63, 3.8) is 0 Å². The van der Waals surface area contributed by atoms with Gasteiger partial charge in [0.2, 0.25) is 0 Å². The van der Waals surface area contributed by atoms with Gasteiger partial charge in [-0.1, -0.05) is 19.9 Å². The van der Waals surface area contributed by atoms with E-state index in [1.165, 1.54) is 0 Å². The minimum atomic E-state index is -0.265. The second kappa shape index (κ2) is 8.15. The first-order valence-corrected chi connectivity index (χ1v) is 7.69. The maximum Gasteiger partial charge on any atom is 0.251 e. The number of alkyl halides is 1. The summed E-state index contributed by atoms with van der Waals surface area (Å²) in [5.41, 5.74) is 0.354. The topological polar surface area (TPSA) is 38.3 Å². The molecule has 0 bridgehead atoms. The second-order valence-corrected chi connectivity index (χ2v) is 5.56. The van der Waals surface area contributed by atoms with E-state index in [-0.39, 0.29) is 11.4 Å². The lowest BCUT2D eigenvalue weighted by atomic mass is 9.95. The van der Waals surface area contributed by atoms with Crippen LogP contribution in [0.3, 0.4) is 0 Å². The van der Waals surface area contributed by atoms with Crippen LogP contribution < -0.4 is 10.1 Å². The largest absolute Gasteiger partial charge is 0.494 e. The summed E-state index contributed by atoms with van der Waals surface area (Å²) in [6.45, 7) is 6.78. The van der Waals surface area contributed by atoms with Crippen molar-refractivity contribution in [2.24, 2.45) is 0 Å². The Kier molecular flexibility index (Phi) is 6.86. The molecule has 0 saturated heterocycles. The first kappa shape index (κ1) is 16.8. The normalized spacial score (nSPS) is 13.6. The maximum absolute atomic E-state index is 12.3. The van der Waals surface area contributed by atoms with Crippen molar-refractivity contribution < 1.29 is 9.53 Å². The summed E-state index contributed by atoms with van der Waals surface area (Å²) in [6, 6.07) is 7.28. The number of rotatable bonds is 8. The van der Waals surface area contributed by atoms with Gasteiger partial charge >= 0.3 is 0 Å². The van der Waals surface area contributed by atoms with Crippen molar-refractivity contribution in [3.8, 4) is 5.75 Å². The van der Waals surface area contributed by atoms with E-state index in [0.29, 0.717) is 18.1 Å². The van der Waals surface area contributed by atoms with Crippen LogP contribution in [0.1, 0.15) is 50.4 Å². The van der Waals surface area contributed by atoms with E-state index in [9.17, 15) is 4.79 Å². The number of halogens is 1. The second-order valence-electron chi connectivity index (χ2n) is 5.18. The standard InChI is InChI=1S/C16H24ClNO2/c1-4-11-20-14-8-6-7-13(12-14)15(19)18-16(3,5-2)9-10-17/h6-8,12H,4-5,9-11H2,1-3H3,(H,18,19). The highest BCUT2D eigenvalue weighted by Gasteiger charge is 2.24. The molecular formula is C16H24ClNO2. The molecule has 1 aromatic carbocycles. The first-order valence-electron chi connectivity index (χ1n) is 7.16. The zero-order valence-corrected chi connectivity index (χ0v) is 13.3. The molecule has 0 fully saturated rings. The lowest BCUT2D eigenvalue weighted by molar-refractivity contribution is 0.0901. The fourth-order valence-electron chi connectivity index (χ4n) is 1.83. The van der Waals surface area contributed by atoms with Gasteiger partial charge in [-0.05, 0) is 44.4 Å². The van der Waals surface area contributed by atoms with Crippen molar-refractivity contribution in [3.05, 3.63) is 29.8 Å². The fraction of sp³-hybridized carbons (Fsp3) is 0.562. The number of hydrogen-bond donors (Lipinski definition) is 1. The smallest absolute Gasteiger partial charge is 0.251 e. The quantitative estimate of drug-likeness (QED) is 0.737. The summed E-state index contributed by atoms with van der Waals surface area (Å²) in [7, 11) is 0. The Morgan fingerprint density at radius 3 is 2.75 bits per heavy atom. The Labute approximate surface area is 126 Å². The molecule has 0 spiro atoms. The molecule has 1 aromatic rings. The van der Waals surface area contributed by atoms with Crippen LogP contribution in [0.2, 0.25) is 0 Å². The number of benzene rings is 1. The van der Waals surface area contributed by atoms with Gasteiger partial charge in [-0.15, -0.1) is 11.6 Å². The van der Waals surface area contributed by atoms with E-state index in [4.69, 9.17) is 16.3 Å². The van der Waals surface area contributed by atoms with Gasteiger partial charge in [0.05, 0.1) is 6.61 Å². The third-order valence-corrected chi connectivity index (χ3v) is 3.60. The molecule has 0 saturated carbocycles. The van der Waals surface area contributed by atoms with E-state index < -0.39 is 0 Å². The molecule has 4 heteroatoms. The molecule has 1 N–H and O–H groups in total. The predicted octanol–water partition coefficient (Wildman–Crippen LogP) is 4.00. The monoisotopic (exact) mass is 297 g/mol. The minimum Gasteiger partial charge on any atom is -0.494 e. The third-order valence-electron chi connectivity index (χ3n) is 3.41. The minimum absolute atomic E-state index is 0.0820. The molecule has 112 valence electrons. The molecule has 1 amide bonds. The van der Waals surface area contributed by atoms with Crippen LogP contribution in [0.15, 0.2) is 24.3 Å². The predicted molar refractivity (Wildman–Crippen MR) is 83.7 cm³/mol. The van der Waals surface area contributed by atoms with Crippen LogP contribution in [0.5, 0.6) is 5.75 Å². The summed E-state index contributed by atoms with van der Waals surface area (Å²) < 4.78 is 5.55. The summed E-state index contributed by atoms with van der Waals surface area (Å²) in [5, 5.41) is 3.06. The number of nitrogens with one attached hydrogen (secondary N) is 1. The molecule has 0 aliphatic carbocycles. The molecule has 1 unspecified atom stereocenters. The van der Waals surface area contributed by atoms with Crippen LogP contribution in [0, 0.1) is 0 Å². The van der Waals surface area contributed by atoms with Crippen molar-refractivity contribution in [2.75, 3.05) is 12.5 Å². The van der Waals surface area contributed by atoms with Gasteiger partial charge in [0.15, 0.2) is 0 Å². The first-order chi connectivity index (χ1) is 9.54. The van der Waals surface area contributed by atoms with Crippen LogP contribution in [-0.2, 0) is 0 Å². The van der Waals surface area contributed by atoms with E-state index in [1.807, 2.05) is 26.0 Å². The molecule has 1 atom stereocenters. The highest BCUT2D eigenvalue weighted by molar-refractivity contribution is 6.17. The summed E-state index contributed by atoms with van der Waals surface area (Å²) in [5.74, 6) is 1.18. The lowest BCUT2D eigenvalue weighted by Gasteiger charge is -2.29. The number of carbonyl (C=O) groups excluding carboxylic acids is 1. The summed E-state index contributed by atoms with van der Waals surface area (Å²) >= 11 is 5.81. The van der Waals surface area contributed by atoms with Crippen LogP contribution in [-0.4, -0.2) is 23.9 Å². The highest BCUT2D eigenvalue weighted by Crippen LogP contribution is 2.18. The summed E-state index contributed by atoms with van der Waals surface area (Å²) in [4.78, 5) is 12.3. The Bertz CT molecular complexity index is 436. The zero-order chi connectivity index (χ0) is 15.0. The molecular weight excluding hydrogens is 274 g/mol. The van der Waals surface area contributed by atoms with Crippen molar-refractivity contribution in [1.29, 1.82) is 0 Å². The Morgan fingerprint density at radius 1 is 1.40 bits per heavy atom. The highest BCUT2D eigenvalue weighted by atomic mass is 35.5. The summed E-state index contributed by atoms with van der Waals surface area (Å²) in [6.07, 6.45) is 2.54. The van der Waals surface area contributed by atoms with Gasteiger partial charge in [-0.2, -0.15) is 0 Å². The maximum atomic E-state index is 12.3.